The molecule has 333 valence electrons. The quantitative estimate of drug-likeness (QED) is 0.0491. The summed E-state index contributed by atoms with van der Waals surface area (Å²) >= 11 is 92.3. The summed E-state index contributed by atoms with van der Waals surface area (Å²) in [5.74, 6) is 0.0164. The fourth-order valence-corrected chi connectivity index (χ4v) is 13.1. The Kier molecular flexibility index (Phi) is 12.5. The molecular weight excluding hydrogens is 1120 g/mol. The van der Waals surface area contributed by atoms with Crippen molar-refractivity contribution in [3.05, 3.63) is 219 Å². The molecule has 0 unspecified atom stereocenters. The topological polar surface area (TPSA) is 0 Å². The Balaban J connectivity index is 1.07. The largest absolute Gasteiger partial charge is 0.0823 e. The number of benzene rings is 11. The van der Waals surface area contributed by atoms with Crippen LogP contribution in [-0.2, 0) is 0 Å². The average molecular weight is 1140 g/mol. The Morgan fingerprint density at radius 3 is 0.853 bits per heavy atom. The van der Waals surface area contributed by atoms with Crippen molar-refractivity contribution in [2.24, 2.45) is 0 Å². The molecule has 0 N–H and O–H groups in total. The predicted molar refractivity (Wildman–Crippen MR) is 303 cm³/mol. The molecule has 0 heterocycles. The third-order valence-corrected chi connectivity index (χ3v) is 18.3. The number of hydrogen-bond donors (Lipinski definition) is 0. The fourth-order valence-electron chi connectivity index (χ4n) is 9.38. The van der Waals surface area contributed by atoms with Gasteiger partial charge < -0.3 is 0 Å². The van der Waals surface area contributed by atoms with Crippen LogP contribution in [0.1, 0.15) is 38.9 Å². The lowest BCUT2D eigenvalue weighted by atomic mass is 9.83. The predicted octanol–water partition coefficient (Wildman–Crippen LogP) is 23.3. The van der Waals surface area contributed by atoms with Crippen molar-refractivity contribution in [3.63, 3.8) is 0 Å². The molecule has 11 aromatic carbocycles. The maximum absolute atomic E-state index is 7.33. The molecule has 1 radical (unpaired) electrons. The highest BCUT2D eigenvalue weighted by Crippen LogP contribution is 2.58. The monoisotopic (exact) mass is 1140 g/mol. The van der Waals surface area contributed by atoms with Crippen molar-refractivity contribution in [3.8, 4) is 0 Å². The average Bonchev–Trinajstić information content (AvgIpc) is 3.35. The minimum absolute atomic E-state index is 0.00604. The molecule has 0 aromatic heterocycles. The normalized spacial score (nSPS) is 12.5. The molecule has 0 aliphatic rings. The summed E-state index contributed by atoms with van der Waals surface area (Å²) in [7, 11) is 0. The van der Waals surface area contributed by atoms with E-state index in [1.165, 1.54) is 10.8 Å². The molecule has 0 atom stereocenters. The lowest BCUT2D eigenvalue weighted by molar-refractivity contribution is 1.22. The number of hydrogen-bond acceptors (Lipinski definition) is 0. The van der Waals surface area contributed by atoms with Crippen molar-refractivity contribution in [2.45, 2.75) is 0 Å². The van der Waals surface area contributed by atoms with Crippen LogP contribution >= 0.6 is 151 Å². The van der Waals surface area contributed by atoms with Gasteiger partial charge >= 0.3 is 0 Å². The zero-order chi connectivity index (χ0) is 47.6. The van der Waals surface area contributed by atoms with E-state index in [1.54, 1.807) is 12.2 Å². The van der Waals surface area contributed by atoms with Crippen LogP contribution in [0.5, 0.6) is 0 Å². The summed E-state index contributed by atoms with van der Waals surface area (Å²) in [6.07, 6.45) is 7.32. The van der Waals surface area contributed by atoms with Gasteiger partial charge in [-0.05, 0) is 75.8 Å². The van der Waals surface area contributed by atoms with E-state index >= 15 is 0 Å². The number of halogens is 13. The Labute approximate surface area is 454 Å². The van der Waals surface area contributed by atoms with Crippen LogP contribution in [0.4, 0.5) is 0 Å². The van der Waals surface area contributed by atoms with Gasteiger partial charge in [-0.3, -0.25) is 0 Å². The van der Waals surface area contributed by atoms with Gasteiger partial charge in [-0.1, -0.05) is 284 Å². The first-order valence-corrected chi connectivity index (χ1v) is 25.4. The van der Waals surface area contributed by atoms with E-state index in [0.29, 0.717) is 11.1 Å². The maximum atomic E-state index is 7.33. The fraction of sp³-hybridized carbons (Fsp3) is 0. The summed E-state index contributed by atoms with van der Waals surface area (Å²) in [4.78, 5) is 0. The molecule has 0 saturated carbocycles. The second kappa shape index (κ2) is 18.1. The zero-order valence-corrected chi connectivity index (χ0v) is 43.9. The van der Waals surface area contributed by atoms with Gasteiger partial charge in [0.25, 0.3) is 0 Å². The molecule has 0 bridgehead atoms. The van der Waals surface area contributed by atoms with E-state index in [0.717, 1.165) is 65.0 Å². The molecule has 0 aliphatic carbocycles. The summed E-state index contributed by atoms with van der Waals surface area (Å²) in [6.45, 7) is 0. The van der Waals surface area contributed by atoms with Gasteiger partial charge in [0.05, 0.1) is 71.2 Å². The first kappa shape index (κ1) is 47.1. The van der Waals surface area contributed by atoms with Gasteiger partial charge in [0, 0.05) is 27.8 Å². The minimum atomic E-state index is -0.143. The van der Waals surface area contributed by atoms with Crippen LogP contribution in [0, 0.1) is 5.92 Å². The first-order valence-electron chi connectivity index (χ1n) is 20.5. The van der Waals surface area contributed by atoms with Crippen molar-refractivity contribution >= 4 is 240 Å². The van der Waals surface area contributed by atoms with Gasteiger partial charge in [0.15, 0.2) is 0 Å². The highest BCUT2D eigenvalue weighted by Gasteiger charge is 2.38. The Morgan fingerprint density at radius 2 is 0.515 bits per heavy atom. The van der Waals surface area contributed by atoms with Gasteiger partial charge in [-0.25, -0.2) is 0 Å². The molecule has 68 heavy (non-hydrogen) atoms. The third-order valence-electron chi connectivity index (χ3n) is 12.5. The molecule has 0 fully saturated rings. The van der Waals surface area contributed by atoms with Crippen molar-refractivity contribution in [2.75, 3.05) is 0 Å². The van der Waals surface area contributed by atoms with Gasteiger partial charge in [-0.2, -0.15) is 0 Å². The van der Waals surface area contributed by atoms with Gasteiger partial charge in [0.2, 0.25) is 0 Å². The van der Waals surface area contributed by atoms with E-state index in [-0.39, 0.29) is 87.9 Å². The van der Waals surface area contributed by atoms with Crippen LogP contribution < -0.4 is 0 Å². The molecule has 11 rings (SSSR count). The Bertz CT molecular complexity index is 3680. The summed E-state index contributed by atoms with van der Waals surface area (Å²) in [5.41, 5.74) is 2.50. The molecule has 0 aliphatic heterocycles. The molecule has 0 spiro atoms. The molecule has 13 heteroatoms. The lowest BCUT2D eigenvalue weighted by Crippen LogP contribution is -2.12. The van der Waals surface area contributed by atoms with Crippen LogP contribution in [0.25, 0.3) is 88.9 Å². The molecule has 0 amide bonds. The highest BCUT2D eigenvalue weighted by atomic mass is 35.5. The van der Waals surface area contributed by atoms with Gasteiger partial charge in [0.1, 0.15) is 0 Å². The molecule has 0 nitrogen and oxygen atoms in total. The third kappa shape index (κ3) is 7.32. The van der Waals surface area contributed by atoms with Crippen molar-refractivity contribution in [1.29, 1.82) is 0 Å². The lowest BCUT2D eigenvalue weighted by Gasteiger charge is -2.28. The van der Waals surface area contributed by atoms with Crippen molar-refractivity contribution < 1.29 is 0 Å². The van der Waals surface area contributed by atoms with Crippen LogP contribution in [0.15, 0.2) is 109 Å². The Hall–Kier alpha value is -3.25. The van der Waals surface area contributed by atoms with E-state index in [4.69, 9.17) is 151 Å². The summed E-state index contributed by atoms with van der Waals surface area (Å²) in [5, 5.41) is 12.7. The molecule has 0 saturated heterocycles. The Morgan fingerprint density at radius 1 is 0.250 bits per heavy atom. The molecule has 11 aromatic rings. The first-order chi connectivity index (χ1) is 32.7. The van der Waals surface area contributed by atoms with E-state index in [1.807, 2.05) is 24.3 Å². The zero-order valence-electron chi connectivity index (χ0n) is 34.1. The molecular formula is C55H22Cl13. The minimum Gasteiger partial charge on any atom is -0.0823 e. The summed E-state index contributed by atoms with van der Waals surface area (Å²) in [6, 6.07) is 37.7. The van der Waals surface area contributed by atoms with E-state index < -0.39 is 0 Å². The van der Waals surface area contributed by atoms with Gasteiger partial charge in [-0.15, -0.1) is 0 Å². The SMILES string of the molecule is Clc1c(Cl)c(Cl)c([C](c2c(Cl)c(Cl)c(/C=C/c3ccc4ccc5cccc6ccc3c4c56)c(Cl)c2Cl)c2c(Cl)c(Cl)c(/C=C/c3ccc4ccc5cccc6ccc3c4c56)c(Cl)c2Cl)c(Cl)c1Cl. The van der Waals surface area contributed by atoms with Crippen LogP contribution in [0.3, 0.4) is 0 Å². The van der Waals surface area contributed by atoms with E-state index in [9.17, 15) is 0 Å². The summed E-state index contributed by atoms with van der Waals surface area (Å²) < 4.78 is 0. The number of rotatable bonds is 7. The van der Waals surface area contributed by atoms with Crippen molar-refractivity contribution in [1.82, 2.24) is 0 Å². The second-order valence-corrected chi connectivity index (χ2v) is 21.0. The standard InChI is InChI=1S/C55H22Cl13/c56-43-33(21-15-23-7-9-29-13-11-25-3-1-5-27-17-19-31(23)37(29)35(25)27)44(57)48(61)40(47(43)60)39(42-51(64)53(66)55(68)54(67)52(42)65)41-49(62)45(58)34(46(59)50(41)63)22-16-24-8-10-30-14-12-26-4-2-6-28-18-20-32(24)38(30)36(26)28/h1-22H/b21-15+,22-16+. The highest BCUT2D eigenvalue weighted by molar-refractivity contribution is 6.57. The smallest absolute Gasteiger partial charge is 0.0809 e. The maximum Gasteiger partial charge on any atom is 0.0809 e. The van der Waals surface area contributed by atoms with Crippen LogP contribution in [-0.4, -0.2) is 0 Å². The second-order valence-electron chi connectivity index (χ2n) is 16.1. The van der Waals surface area contributed by atoms with E-state index in [2.05, 4.69) is 97.1 Å². The van der Waals surface area contributed by atoms with Crippen LogP contribution in [0.2, 0.25) is 65.3 Å².